The lowest BCUT2D eigenvalue weighted by Crippen LogP contribution is -2.51. The first kappa shape index (κ1) is 19.3. The number of nitriles is 1. The van der Waals surface area contributed by atoms with E-state index < -0.39 is 5.82 Å². The van der Waals surface area contributed by atoms with Crippen LogP contribution < -0.4 is 10.6 Å². The molecule has 1 saturated heterocycles. The van der Waals surface area contributed by atoms with Crippen LogP contribution >= 0.6 is 0 Å². The number of nitrogens with zero attached hydrogens (tertiary/aromatic N) is 3. The zero-order valence-corrected chi connectivity index (χ0v) is 15.2. The average molecular weight is 381 g/mol. The third-order valence-electron chi connectivity index (χ3n) is 4.43. The van der Waals surface area contributed by atoms with Gasteiger partial charge < -0.3 is 15.5 Å². The monoisotopic (exact) mass is 381 g/mol. The van der Waals surface area contributed by atoms with E-state index in [1.54, 1.807) is 4.90 Å². The minimum atomic E-state index is -0.531. The van der Waals surface area contributed by atoms with Crippen LogP contribution in [0.15, 0.2) is 48.5 Å². The van der Waals surface area contributed by atoms with Crippen molar-refractivity contribution in [3.63, 3.8) is 0 Å². The Morgan fingerprint density at radius 3 is 2.43 bits per heavy atom. The van der Waals surface area contributed by atoms with Crippen molar-refractivity contribution < 1.29 is 14.0 Å². The highest BCUT2D eigenvalue weighted by Crippen LogP contribution is 2.17. The summed E-state index contributed by atoms with van der Waals surface area (Å²) in [5.41, 5.74) is 1.10. The van der Waals surface area contributed by atoms with Crippen LogP contribution in [0.1, 0.15) is 5.56 Å². The van der Waals surface area contributed by atoms with Gasteiger partial charge in [0.05, 0.1) is 17.8 Å². The van der Waals surface area contributed by atoms with E-state index in [1.165, 1.54) is 12.1 Å². The SMILES string of the molecule is N#Cc1cc(F)ccc1NC(=O)N1CCN(CC(=O)Nc2ccccc2)CC1. The Morgan fingerprint density at radius 2 is 1.75 bits per heavy atom. The van der Waals surface area contributed by atoms with Gasteiger partial charge in [0.15, 0.2) is 0 Å². The summed E-state index contributed by atoms with van der Waals surface area (Å²) in [6.07, 6.45) is 0. The number of hydrogen-bond acceptors (Lipinski definition) is 4. The fourth-order valence-electron chi connectivity index (χ4n) is 2.95. The second-order valence-electron chi connectivity index (χ2n) is 6.41. The standard InChI is InChI=1S/C20H20FN5O2/c21-16-6-7-18(15(12-16)13-22)24-20(28)26-10-8-25(9-11-26)14-19(27)23-17-4-2-1-3-5-17/h1-7,12H,8-11,14H2,(H,23,27)(H,24,28). The molecule has 2 aromatic rings. The van der Waals surface area contributed by atoms with Gasteiger partial charge in [-0.2, -0.15) is 5.26 Å². The molecule has 3 rings (SSSR count). The first-order valence-corrected chi connectivity index (χ1v) is 8.88. The highest BCUT2D eigenvalue weighted by molar-refractivity contribution is 5.92. The lowest BCUT2D eigenvalue weighted by Gasteiger charge is -2.34. The predicted octanol–water partition coefficient (Wildman–Crippen LogP) is 2.49. The number of carbonyl (C=O) groups excluding carboxylic acids is 2. The number of benzene rings is 2. The van der Waals surface area contributed by atoms with Crippen molar-refractivity contribution in [2.24, 2.45) is 0 Å². The van der Waals surface area contributed by atoms with E-state index in [9.17, 15) is 14.0 Å². The van der Waals surface area contributed by atoms with Crippen LogP contribution in [0.5, 0.6) is 0 Å². The maximum absolute atomic E-state index is 13.2. The van der Waals surface area contributed by atoms with Crippen LogP contribution in [0.2, 0.25) is 0 Å². The largest absolute Gasteiger partial charge is 0.325 e. The van der Waals surface area contributed by atoms with E-state index in [0.29, 0.717) is 26.2 Å². The van der Waals surface area contributed by atoms with Crippen molar-refractivity contribution in [3.8, 4) is 6.07 Å². The van der Waals surface area contributed by atoms with Crippen molar-refractivity contribution >= 4 is 23.3 Å². The summed E-state index contributed by atoms with van der Waals surface area (Å²) in [6.45, 7) is 2.27. The summed E-state index contributed by atoms with van der Waals surface area (Å²) in [4.78, 5) is 28.1. The molecule has 0 aromatic heterocycles. The van der Waals surface area contributed by atoms with E-state index in [4.69, 9.17) is 5.26 Å². The fraction of sp³-hybridized carbons (Fsp3) is 0.250. The van der Waals surface area contributed by atoms with E-state index in [2.05, 4.69) is 10.6 Å². The van der Waals surface area contributed by atoms with Gasteiger partial charge in [0.1, 0.15) is 11.9 Å². The Hall–Kier alpha value is -3.44. The first-order chi connectivity index (χ1) is 13.5. The molecule has 0 saturated carbocycles. The number of carbonyl (C=O) groups is 2. The van der Waals surface area contributed by atoms with Gasteiger partial charge in [0, 0.05) is 31.9 Å². The molecule has 2 aromatic carbocycles. The summed E-state index contributed by atoms with van der Waals surface area (Å²) < 4.78 is 13.2. The molecule has 1 aliphatic rings. The summed E-state index contributed by atoms with van der Waals surface area (Å²) >= 11 is 0. The normalized spacial score (nSPS) is 14.2. The number of anilines is 2. The van der Waals surface area contributed by atoms with Crippen molar-refractivity contribution in [2.45, 2.75) is 0 Å². The number of para-hydroxylation sites is 1. The van der Waals surface area contributed by atoms with Gasteiger partial charge in [-0.25, -0.2) is 9.18 Å². The molecule has 28 heavy (non-hydrogen) atoms. The third kappa shape index (κ3) is 5.05. The quantitative estimate of drug-likeness (QED) is 0.852. The van der Waals surface area contributed by atoms with Gasteiger partial charge in [0.2, 0.25) is 5.91 Å². The summed E-state index contributed by atoms with van der Waals surface area (Å²) in [5, 5.41) is 14.5. The smallest absolute Gasteiger partial charge is 0.321 e. The van der Waals surface area contributed by atoms with Crippen molar-refractivity contribution in [1.82, 2.24) is 9.80 Å². The first-order valence-electron chi connectivity index (χ1n) is 8.88. The Balaban J connectivity index is 1.48. The molecule has 0 unspecified atom stereocenters. The number of hydrogen-bond donors (Lipinski definition) is 2. The average Bonchev–Trinajstić information content (AvgIpc) is 2.70. The molecule has 2 N–H and O–H groups in total. The lowest BCUT2D eigenvalue weighted by atomic mass is 10.2. The van der Waals surface area contributed by atoms with Gasteiger partial charge in [-0.1, -0.05) is 18.2 Å². The number of rotatable bonds is 4. The molecule has 1 aliphatic heterocycles. The molecule has 0 spiro atoms. The molecular weight excluding hydrogens is 361 g/mol. The molecular formula is C20H20FN5O2. The molecule has 1 fully saturated rings. The number of piperazine rings is 1. The van der Waals surface area contributed by atoms with Crippen LogP contribution in [-0.2, 0) is 4.79 Å². The van der Waals surface area contributed by atoms with E-state index in [1.807, 2.05) is 41.3 Å². The molecule has 0 bridgehead atoms. The molecule has 1 heterocycles. The van der Waals surface area contributed by atoms with Gasteiger partial charge in [-0.05, 0) is 30.3 Å². The van der Waals surface area contributed by atoms with E-state index >= 15 is 0 Å². The second kappa shape index (κ2) is 8.97. The van der Waals surface area contributed by atoms with E-state index in [-0.39, 0.29) is 29.7 Å². The zero-order valence-electron chi connectivity index (χ0n) is 15.2. The van der Waals surface area contributed by atoms with Gasteiger partial charge in [-0.15, -0.1) is 0 Å². The summed E-state index contributed by atoms with van der Waals surface area (Å²) in [6, 6.07) is 14.4. The zero-order chi connectivity index (χ0) is 19.9. The Kier molecular flexibility index (Phi) is 6.19. The van der Waals surface area contributed by atoms with Crippen molar-refractivity contribution in [3.05, 3.63) is 59.9 Å². The minimum Gasteiger partial charge on any atom is -0.325 e. The number of urea groups is 1. The maximum Gasteiger partial charge on any atom is 0.321 e. The molecule has 7 nitrogen and oxygen atoms in total. The highest BCUT2D eigenvalue weighted by atomic mass is 19.1. The van der Waals surface area contributed by atoms with Crippen LogP contribution in [-0.4, -0.2) is 54.5 Å². The Bertz CT molecular complexity index is 889. The molecule has 0 radical (unpaired) electrons. The summed E-state index contributed by atoms with van der Waals surface area (Å²) in [7, 11) is 0. The van der Waals surface area contributed by atoms with Gasteiger partial charge in [-0.3, -0.25) is 9.69 Å². The maximum atomic E-state index is 13.2. The van der Waals surface area contributed by atoms with Crippen LogP contribution in [0.4, 0.5) is 20.6 Å². The summed E-state index contributed by atoms with van der Waals surface area (Å²) in [5.74, 6) is -0.633. The third-order valence-corrected chi connectivity index (χ3v) is 4.43. The van der Waals surface area contributed by atoms with Crippen LogP contribution in [0.3, 0.4) is 0 Å². The molecule has 8 heteroatoms. The van der Waals surface area contributed by atoms with Crippen LogP contribution in [0, 0.1) is 17.1 Å². The van der Waals surface area contributed by atoms with Gasteiger partial charge >= 0.3 is 6.03 Å². The van der Waals surface area contributed by atoms with Gasteiger partial charge in [0.25, 0.3) is 0 Å². The molecule has 144 valence electrons. The number of nitrogens with one attached hydrogen (secondary N) is 2. The second-order valence-corrected chi connectivity index (χ2v) is 6.41. The number of halogens is 1. The fourth-order valence-corrected chi connectivity index (χ4v) is 2.95. The van der Waals surface area contributed by atoms with Crippen molar-refractivity contribution in [2.75, 3.05) is 43.4 Å². The Labute approximate surface area is 162 Å². The topological polar surface area (TPSA) is 88.5 Å². The lowest BCUT2D eigenvalue weighted by molar-refractivity contribution is -0.117. The predicted molar refractivity (Wildman–Crippen MR) is 103 cm³/mol. The number of amides is 3. The van der Waals surface area contributed by atoms with Crippen LogP contribution in [0.25, 0.3) is 0 Å². The molecule has 0 aliphatic carbocycles. The molecule has 0 atom stereocenters. The molecule has 3 amide bonds. The van der Waals surface area contributed by atoms with E-state index in [0.717, 1.165) is 11.8 Å². The van der Waals surface area contributed by atoms with Crippen molar-refractivity contribution in [1.29, 1.82) is 5.26 Å². The minimum absolute atomic E-state index is 0.0737. The highest BCUT2D eigenvalue weighted by Gasteiger charge is 2.23. The Morgan fingerprint density at radius 1 is 1.04 bits per heavy atom.